The van der Waals surface area contributed by atoms with Crippen molar-refractivity contribution >= 4 is 44.3 Å². The second-order valence-electron chi connectivity index (χ2n) is 15.7. The maximum absolute atomic E-state index is 4.02. The molecule has 274 valence electrons. The number of hydrogen-bond donors (Lipinski definition) is 2. The maximum atomic E-state index is 4.02. The monoisotopic (exact) mass is 741 g/mol. The molecule has 2 heterocycles. The van der Waals surface area contributed by atoms with E-state index in [1.807, 2.05) is 0 Å². The Morgan fingerprint density at radius 3 is 1.69 bits per heavy atom. The predicted molar refractivity (Wildman–Crippen MR) is 240 cm³/mol. The van der Waals surface area contributed by atoms with Gasteiger partial charge in [-0.15, -0.1) is 0 Å². The first-order valence-electron chi connectivity index (χ1n) is 20.3. The van der Waals surface area contributed by atoms with Gasteiger partial charge in [0.25, 0.3) is 0 Å². The van der Waals surface area contributed by atoms with Crippen LogP contribution in [0.4, 0.5) is 17.1 Å². The lowest BCUT2D eigenvalue weighted by Gasteiger charge is -2.45. The van der Waals surface area contributed by atoms with Crippen molar-refractivity contribution in [3.8, 4) is 11.1 Å². The standard InChI is InChI=1S/C55H39N3/c1-4-18-36(19-5-1)48-35-49(37-20-6-2-7-21-37)57-54(56-48)38-32-33-44-47(34-38)55(53-43-27-13-11-25-41(43)40-24-10-12-26-42(40)52(44)53)45-28-14-16-30-50(45)58(39-22-8-3-9-23-39)51-31-17-15-29-46(51)55/h1-35,48,54,56-57H. The molecule has 2 N–H and O–H groups in total. The van der Waals surface area contributed by atoms with Gasteiger partial charge in [0.1, 0.15) is 6.17 Å². The summed E-state index contributed by atoms with van der Waals surface area (Å²) in [4.78, 5) is 2.46. The minimum atomic E-state index is -0.617. The van der Waals surface area contributed by atoms with Crippen LogP contribution in [0.2, 0.25) is 0 Å². The third-order valence-corrected chi connectivity index (χ3v) is 12.7. The molecule has 0 radical (unpaired) electrons. The Balaban J connectivity index is 1.17. The quantitative estimate of drug-likeness (QED) is 0.176. The fraction of sp³-hybridized carbons (Fsp3) is 0.0545. The van der Waals surface area contributed by atoms with Crippen LogP contribution in [-0.4, -0.2) is 0 Å². The van der Waals surface area contributed by atoms with Gasteiger partial charge in [0.15, 0.2) is 0 Å². The fourth-order valence-corrected chi connectivity index (χ4v) is 10.3. The topological polar surface area (TPSA) is 27.3 Å². The molecule has 9 aromatic carbocycles. The molecule has 0 amide bonds. The summed E-state index contributed by atoms with van der Waals surface area (Å²) < 4.78 is 0. The molecule has 1 spiro atoms. The minimum Gasteiger partial charge on any atom is -0.366 e. The molecule has 3 aliphatic rings. The predicted octanol–water partition coefficient (Wildman–Crippen LogP) is 13.1. The summed E-state index contributed by atoms with van der Waals surface area (Å²) in [6.07, 6.45) is 2.18. The molecule has 9 aromatic rings. The molecule has 2 aliphatic heterocycles. The summed E-state index contributed by atoms with van der Waals surface area (Å²) in [5.41, 5.74) is 15.5. The van der Waals surface area contributed by atoms with Gasteiger partial charge in [0.05, 0.1) is 22.8 Å². The zero-order valence-electron chi connectivity index (χ0n) is 31.8. The number of rotatable bonds is 4. The highest BCUT2D eigenvalue weighted by Gasteiger charge is 2.53. The van der Waals surface area contributed by atoms with E-state index in [1.165, 1.54) is 83.0 Å². The van der Waals surface area contributed by atoms with Crippen LogP contribution in [0, 0.1) is 0 Å². The molecule has 1 aliphatic carbocycles. The Bertz CT molecular complexity index is 3030. The van der Waals surface area contributed by atoms with Crippen molar-refractivity contribution in [2.24, 2.45) is 0 Å². The van der Waals surface area contributed by atoms with Crippen LogP contribution in [0.25, 0.3) is 38.4 Å². The van der Waals surface area contributed by atoms with Crippen LogP contribution in [0.15, 0.2) is 212 Å². The SMILES string of the molecule is C1=C(c2ccccc2)NC(c2ccc3c(c2)C2(c4ccccc4N(c4ccccc4)c4ccccc42)c2c-3c3ccccc3c3ccccc23)NC1c1ccccc1. The summed E-state index contributed by atoms with van der Waals surface area (Å²) in [7, 11) is 0. The van der Waals surface area contributed by atoms with Gasteiger partial charge >= 0.3 is 0 Å². The fourth-order valence-electron chi connectivity index (χ4n) is 10.3. The van der Waals surface area contributed by atoms with Crippen molar-refractivity contribution in [1.82, 2.24) is 10.6 Å². The Morgan fingerprint density at radius 2 is 1.00 bits per heavy atom. The summed E-state index contributed by atoms with van der Waals surface area (Å²) in [5, 5.41) is 13.1. The van der Waals surface area contributed by atoms with E-state index in [1.54, 1.807) is 0 Å². The van der Waals surface area contributed by atoms with Gasteiger partial charge in [-0.3, -0.25) is 5.32 Å². The third kappa shape index (κ3) is 4.71. The van der Waals surface area contributed by atoms with Gasteiger partial charge in [-0.05, 0) is 102 Å². The van der Waals surface area contributed by atoms with Crippen LogP contribution in [0.3, 0.4) is 0 Å². The zero-order valence-corrected chi connectivity index (χ0v) is 31.8. The molecule has 0 bridgehead atoms. The van der Waals surface area contributed by atoms with Crippen LogP contribution < -0.4 is 15.5 Å². The lowest BCUT2D eigenvalue weighted by Crippen LogP contribution is -2.40. The van der Waals surface area contributed by atoms with E-state index in [9.17, 15) is 0 Å². The lowest BCUT2D eigenvalue weighted by atomic mass is 9.63. The van der Waals surface area contributed by atoms with Crippen molar-refractivity contribution in [2.75, 3.05) is 4.90 Å². The second-order valence-corrected chi connectivity index (χ2v) is 15.7. The first kappa shape index (κ1) is 33.0. The number of benzene rings is 9. The van der Waals surface area contributed by atoms with E-state index >= 15 is 0 Å². The van der Waals surface area contributed by atoms with Gasteiger partial charge in [-0.2, -0.15) is 0 Å². The second kappa shape index (κ2) is 12.9. The molecule has 12 rings (SSSR count). The number of para-hydroxylation sites is 3. The Labute approximate surface area is 338 Å². The van der Waals surface area contributed by atoms with E-state index in [0.29, 0.717) is 0 Å². The molecule has 58 heavy (non-hydrogen) atoms. The van der Waals surface area contributed by atoms with Crippen molar-refractivity contribution in [3.63, 3.8) is 0 Å². The van der Waals surface area contributed by atoms with E-state index in [2.05, 4.69) is 228 Å². The summed E-state index contributed by atoms with van der Waals surface area (Å²) in [6, 6.07) is 76.0. The first-order valence-corrected chi connectivity index (χ1v) is 20.3. The number of nitrogens with zero attached hydrogens (tertiary/aromatic N) is 1. The van der Waals surface area contributed by atoms with Gasteiger partial charge < -0.3 is 10.2 Å². The number of fused-ring (bicyclic) bond motifs is 14. The Morgan fingerprint density at radius 1 is 0.448 bits per heavy atom. The Hall–Kier alpha value is -7.20. The normalized spacial score (nSPS) is 17.2. The minimum absolute atomic E-state index is 0.0190. The lowest BCUT2D eigenvalue weighted by molar-refractivity contribution is 0.442. The molecule has 2 atom stereocenters. The number of nitrogens with one attached hydrogen (secondary N) is 2. The molecular weight excluding hydrogens is 703 g/mol. The summed E-state index contributed by atoms with van der Waals surface area (Å²) >= 11 is 0. The molecule has 0 fully saturated rings. The van der Waals surface area contributed by atoms with Crippen LogP contribution in [0.5, 0.6) is 0 Å². The first-order chi connectivity index (χ1) is 28.8. The van der Waals surface area contributed by atoms with Crippen LogP contribution in [0.1, 0.15) is 51.2 Å². The van der Waals surface area contributed by atoms with Crippen molar-refractivity contribution in [1.29, 1.82) is 0 Å². The van der Waals surface area contributed by atoms with E-state index < -0.39 is 5.41 Å². The maximum Gasteiger partial charge on any atom is 0.104 e. The smallest absolute Gasteiger partial charge is 0.104 e. The van der Waals surface area contributed by atoms with Gasteiger partial charge in [-0.25, -0.2) is 0 Å². The van der Waals surface area contributed by atoms with Crippen molar-refractivity contribution in [3.05, 3.63) is 251 Å². The van der Waals surface area contributed by atoms with Crippen molar-refractivity contribution < 1.29 is 0 Å². The molecule has 3 heteroatoms. The van der Waals surface area contributed by atoms with Crippen molar-refractivity contribution in [2.45, 2.75) is 17.6 Å². The van der Waals surface area contributed by atoms with Crippen LogP contribution >= 0.6 is 0 Å². The van der Waals surface area contributed by atoms with E-state index in [-0.39, 0.29) is 12.2 Å². The highest BCUT2D eigenvalue weighted by Crippen LogP contribution is 2.66. The third-order valence-electron chi connectivity index (χ3n) is 12.7. The van der Waals surface area contributed by atoms with E-state index in [0.717, 1.165) is 11.4 Å². The number of anilines is 3. The van der Waals surface area contributed by atoms with Gasteiger partial charge in [-0.1, -0.05) is 182 Å². The molecular formula is C55H39N3. The molecule has 0 saturated carbocycles. The zero-order chi connectivity index (χ0) is 38.2. The van der Waals surface area contributed by atoms with Gasteiger partial charge in [0.2, 0.25) is 0 Å². The highest BCUT2D eigenvalue weighted by molar-refractivity contribution is 6.19. The molecule has 0 saturated heterocycles. The van der Waals surface area contributed by atoms with Crippen LogP contribution in [-0.2, 0) is 5.41 Å². The largest absolute Gasteiger partial charge is 0.366 e. The molecule has 0 aromatic heterocycles. The number of hydrogen-bond acceptors (Lipinski definition) is 3. The van der Waals surface area contributed by atoms with Gasteiger partial charge in [0, 0.05) is 11.4 Å². The molecule has 3 nitrogen and oxygen atoms in total. The van der Waals surface area contributed by atoms with E-state index in [4.69, 9.17) is 0 Å². The average Bonchev–Trinajstić information content (AvgIpc) is 3.61. The summed E-state index contributed by atoms with van der Waals surface area (Å²) in [5.74, 6) is 0. The molecule has 2 unspecified atom stereocenters. The highest BCUT2D eigenvalue weighted by atomic mass is 15.2. The summed E-state index contributed by atoms with van der Waals surface area (Å²) in [6.45, 7) is 0. The Kier molecular flexibility index (Phi) is 7.35. The average molecular weight is 742 g/mol.